The molecule has 0 aliphatic carbocycles. The maximum Gasteiger partial charge on any atom is 0.253 e. The van der Waals surface area contributed by atoms with Crippen LogP contribution in [0.15, 0.2) is 76.0 Å². The Morgan fingerprint density at radius 3 is 2.60 bits per heavy atom. The molecular weight excluding hydrogens is 599 g/mol. The number of benzene rings is 2. The number of thiophene rings is 1. The summed E-state index contributed by atoms with van der Waals surface area (Å²) in [5, 5.41) is 21.6. The van der Waals surface area contributed by atoms with Crippen LogP contribution in [0, 0.1) is 5.92 Å². The van der Waals surface area contributed by atoms with Crippen LogP contribution in [0.5, 0.6) is 5.75 Å². The molecule has 4 atom stereocenters. The van der Waals surface area contributed by atoms with E-state index in [2.05, 4.69) is 16.1 Å². The molecule has 3 aromatic rings. The number of methoxy groups -OCH3 is 1. The summed E-state index contributed by atoms with van der Waals surface area (Å²) in [6, 6.07) is 17.5. The number of sulfonamides is 1. The number of hydrazone groups is 1. The van der Waals surface area contributed by atoms with Crippen LogP contribution in [-0.2, 0) is 19.6 Å². The number of carbonyl (C=O) groups is 2. The molecule has 5 N–H and O–H groups in total. The molecule has 6 rings (SSSR count). The Balaban J connectivity index is 1.15. The number of hydrazine groups is 1. The van der Waals surface area contributed by atoms with Crippen LogP contribution < -0.4 is 30.9 Å². The molecule has 3 aliphatic heterocycles. The molecule has 12 nitrogen and oxygen atoms in total. The average Bonchev–Trinajstić information content (AvgIpc) is 3.76. The second-order valence-corrected chi connectivity index (χ2v) is 13.5. The van der Waals surface area contributed by atoms with Crippen LogP contribution in [0.25, 0.3) is 0 Å². The Labute approximate surface area is 251 Å². The van der Waals surface area contributed by atoms with Crippen LogP contribution in [0.4, 0.5) is 5.69 Å². The Morgan fingerprint density at radius 2 is 1.93 bits per heavy atom. The van der Waals surface area contributed by atoms with Crippen molar-refractivity contribution in [2.24, 2.45) is 16.2 Å². The fourth-order valence-electron chi connectivity index (χ4n) is 5.22. The van der Waals surface area contributed by atoms with Crippen molar-refractivity contribution in [1.82, 2.24) is 21.1 Å². The number of nitrogens with two attached hydrogens (primary N) is 1. The van der Waals surface area contributed by atoms with Gasteiger partial charge < -0.3 is 10.1 Å². The molecule has 42 heavy (non-hydrogen) atoms. The van der Waals surface area contributed by atoms with Crippen molar-refractivity contribution in [2.45, 2.75) is 29.0 Å². The van der Waals surface area contributed by atoms with E-state index in [0.717, 1.165) is 21.9 Å². The number of carbonyl (C=O) groups excluding carboxylic acids is 2. The molecule has 220 valence electrons. The van der Waals surface area contributed by atoms with E-state index in [1.165, 1.54) is 23.9 Å². The largest absolute Gasteiger partial charge is 0.497 e. The number of amides is 2. The van der Waals surface area contributed by atoms with Crippen LogP contribution in [0.3, 0.4) is 0 Å². The number of fused-ring (bicyclic) bond motifs is 1. The van der Waals surface area contributed by atoms with Crippen LogP contribution in [-0.4, -0.2) is 62.0 Å². The molecule has 2 fully saturated rings. The minimum absolute atomic E-state index is 0.00281. The van der Waals surface area contributed by atoms with Crippen LogP contribution in [0.2, 0.25) is 0 Å². The summed E-state index contributed by atoms with van der Waals surface area (Å²) in [6.07, 6.45) is 0.185. The number of anilines is 1. The lowest BCUT2D eigenvalue weighted by Crippen LogP contribution is -2.63. The molecule has 0 spiro atoms. The first-order chi connectivity index (χ1) is 20.2. The predicted molar refractivity (Wildman–Crippen MR) is 161 cm³/mol. The first kappa shape index (κ1) is 28.6. The van der Waals surface area contributed by atoms with E-state index < -0.39 is 21.7 Å². The molecule has 4 unspecified atom stereocenters. The van der Waals surface area contributed by atoms with Crippen LogP contribution in [0.1, 0.15) is 22.9 Å². The van der Waals surface area contributed by atoms with Crippen molar-refractivity contribution in [3.8, 4) is 5.75 Å². The van der Waals surface area contributed by atoms with Crippen molar-refractivity contribution >= 4 is 56.3 Å². The van der Waals surface area contributed by atoms with Gasteiger partial charge in [0.25, 0.3) is 5.91 Å². The molecule has 1 aromatic heterocycles. The lowest BCUT2D eigenvalue weighted by Gasteiger charge is -2.37. The maximum absolute atomic E-state index is 13.6. The van der Waals surface area contributed by atoms with Crippen molar-refractivity contribution in [2.75, 3.05) is 24.4 Å². The molecule has 3 aliphatic rings. The summed E-state index contributed by atoms with van der Waals surface area (Å²) >= 11 is 2.86. The fourth-order valence-corrected chi connectivity index (χ4v) is 7.34. The minimum Gasteiger partial charge on any atom is -0.497 e. The van der Waals surface area contributed by atoms with Gasteiger partial charge in [-0.1, -0.05) is 18.2 Å². The number of thioether (sulfide) groups is 1. The lowest BCUT2D eigenvalue weighted by atomic mass is 10.0. The monoisotopic (exact) mass is 627 g/mol. The third-order valence-electron chi connectivity index (χ3n) is 7.36. The van der Waals surface area contributed by atoms with Gasteiger partial charge in [-0.15, -0.1) is 23.1 Å². The standard InChI is InChI=1S/C27H29N7O5S3/c1-39-18-8-4-16(5-9-18)22-13-21(23-3-2-12-40-23)32-34(22)24(35)15-41-27-30-25-20(26(36)31-27)14-29-33(25)17-6-10-19(11-7-17)42(28,37)38/h2-12,20,22,25,27,29-30H,13-15H2,1H3,(H,31,36)(H2,28,37,38). The van der Waals surface area contributed by atoms with E-state index >= 15 is 0 Å². The molecule has 0 bridgehead atoms. The van der Waals surface area contributed by atoms with Gasteiger partial charge in [0, 0.05) is 13.0 Å². The van der Waals surface area contributed by atoms with Gasteiger partial charge in [0.1, 0.15) is 17.4 Å². The third kappa shape index (κ3) is 5.75. The van der Waals surface area contributed by atoms with Crippen molar-refractivity contribution in [3.63, 3.8) is 0 Å². The van der Waals surface area contributed by atoms with Gasteiger partial charge in [-0.3, -0.25) is 19.9 Å². The Kier molecular flexibility index (Phi) is 7.95. The molecule has 2 amide bonds. The summed E-state index contributed by atoms with van der Waals surface area (Å²) < 4.78 is 28.6. The molecule has 2 aromatic carbocycles. The average molecular weight is 628 g/mol. The fraction of sp³-hybridized carbons (Fsp3) is 0.296. The van der Waals surface area contributed by atoms with E-state index in [0.29, 0.717) is 18.7 Å². The number of primary sulfonamides is 1. The van der Waals surface area contributed by atoms with Gasteiger partial charge in [-0.05, 0) is 53.4 Å². The van der Waals surface area contributed by atoms with Crippen molar-refractivity contribution in [1.29, 1.82) is 0 Å². The van der Waals surface area contributed by atoms with E-state index in [1.54, 1.807) is 40.6 Å². The highest BCUT2D eigenvalue weighted by Gasteiger charge is 2.44. The number of rotatable bonds is 8. The zero-order valence-corrected chi connectivity index (χ0v) is 24.9. The van der Waals surface area contributed by atoms with Gasteiger partial charge >= 0.3 is 0 Å². The van der Waals surface area contributed by atoms with E-state index in [9.17, 15) is 18.0 Å². The SMILES string of the molecule is COc1ccc(C2CC(c3cccs3)=NN2C(=O)CSC2NC(=O)C3CNN(c4ccc(S(N)(=O)=O)cc4)C3N2)cc1. The molecular formula is C27H29N7O5S3. The Morgan fingerprint density at radius 1 is 1.17 bits per heavy atom. The number of nitrogens with one attached hydrogen (secondary N) is 3. The zero-order valence-electron chi connectivity index (χ0n) is 22.5. The zero-order chi connectivity index (χ0) is 29.4. The Hall–Kier alpha value is -3.47. The number of hydrogen-bond donors (Lipinski definition) is 4. The first-order valence-electron chi connectivity index (χ1n) is 13.1. The van der Waals surface area contributed by atoms with E-state index in [4.69, 9.17) is 15.0 Å². The summed E-state index contributed by atoms with van der Waals surface area (Å²) in [7, 11) is -2.21. The molecule has 0 saturated carbocycles. The maximum atomic E-state index is 13.6. The topological polar surface area (TPSA) is 158 Å². The van der Waals surface area contributed by atoms with Gasteiger partial charge in [0.05, 0.1) is 46.0 Å². The molecule has 2 saturated heterocycles. The molecule has 0 radical (unpaired) electrons. The smallest absolute Gasteiger partial charge is 0.253 e. The number of nitrogens with zero attached hydrogens (tertiary/aromatic N) is 3. The molecule has 15 heteroatoms. The van der Waals surface area contributed by atoms with Crippen molar-refractivity contribution in [3.05, 3.63) is 76.5 Å². The molecule has 4 heterocycles. The first-order valence-corrected chi connectivity index (χ1v) is 16.6. The second kappa shape index (κ2) is 11.7. The highest BCUT2D eigenvalue weighted by molar-refractivity contribution is 8.00. The van der Waals surface area contributed by atoms with Gasteiger partial charge in [-0.2, -0.15) is 5.10 Å². The van der Waals surface area contributed by atoms with Gasteiger partial charge in [0.2, 0.25) is 15.9 Å². The van der Waals surface area contributed by atoms with Gasteiger partial charge in [0.15, 0.2) is 0 Å². The lowest BCUT2D eigenvalue weighted by molar-refractivity contribution is -0.130. The second-order valence-electron chi connectivity index (χ2n) is 9.94. The highest BCUT2D eigenvalue weighted by Crippen LogP contribution is 2.35. The normalized spacial score (nSPS) is 23.9. The van der Waals surface area contributed by atoms with E-state index in [-0.39, 0.29) is 34.4 Å². The summed E-state index contributed by atoms with van der Waals surface area (Å²) in [5.74, 6) is 0.115. The summed E-state index contributed by atoms with van der Waals surface area (Å²) in [6.45, 7) is 0.397. The van der Waals surface area contributed by atoms with E-state index in [1.807, 2.05) is 41.8 Å². The van der Waals surface area contributed by atoms with Crippen LogP contribution >= 0.6 is 23.1 Å². The Bertz CT molecular complexity index is 1600. The van der Waals surface area contributed by atoms with Crippen molar-refractivity contribution < 1.29 is 22.7 Å². The number of hydrogen-bond acceptors (Lipinski definition) is 11. The summed E-state index contributed by atoms with van der Waals surface area (Å²) in [4.78, 5) is 27.6. The summed E-state index contributed by atoms with van der Waals surface area (Å²) in [5.41, 5.74) is 5.16. The predicted octanol–water partition coefficient (Wildman–Crippen LogP) is 1.79. The quantitative estimate of drug-likeness (QED) is 0.292. The highest BCUT2D eigenvalue weighted by atomic mass is 32.2. The van der Waals surface area contributed by atoms with Gasteiger partial charge in [-0.25, -0.2) is 24.0 Å². The number of ether oxygens (including phenoxy) is 1. The minimum atomic E-state index is -3.82. The third-order valence-corrected chi connectivity index (χ3v) is 10.2.